The first-order chi connectivity index (χ1) is 12.3. The van der Waals surface area contributed by atoms with Gasteiger partial charge in [0.2, 0.25) is 0 Å². The molecule has 0 N–H and O–H groups in total. The topological polar surface area (TPSA) is 94.9 Å². The van der Waals surface area contributed by atoms with Crippen LogP contribution in [0.25, 0.3) is 0 Å². The van der Waals surface area contributed by atoms with Crippen molar-refractivity contribution in [1.29, 1.82) is 5.26 Å². The van der Waals surface area contributed by atoms with Gasteiger partial charge in [0.25, 0.3) is 0 Å². The Morgan fingerprint density at radius 3 is 1.81 bits per heavy atom. The highest BCUT2D eigenvalue weighted by Gasteiger charge is 2.55. The van der Waals surface area contributed by atoms with Crippen molar-refractivity contribution in [2.24, 2.45) is 23.2 Å². The number of nitriles is 1. The van der Waals surface area contributed by atoms with Crippen molar-refractivity contribution in [3.8, 4) is 6.07 Å². The number of hydrogen-bond donors (Lipinski definition) is 0. The predicted molar refractivity (Wildman–Crippen MR) is 96.1 cm³/mol. The van der Waals surface area contributed by atoms with E-state index in [1.54, 1.807) is 27.7 Å². The van der Waals surface area contributed by atoms with Crippen LogP contribution < -0.4 is 0 Å². The Morgan fingerprint density at radius 2 is 1.42 bits per heavy atom. The number of carbonyl (C=O) groups is 2. The summed E-state index contributed by atoms with van der Waals surface area (Å²) in [6, 6.07) is 2.07. The number of nitrogens with zero attached hydrogens (tertiary/aromatic N) is 1. The molecule has 0 amide bonds. The van der Waals surface area contributed by atoms with E-state index in [4.69, 9.17) is 18.9 Å². The quantitative estimate of drug-likeness (QED) is 0.363. The van der Waals surface area contributed by atoms with Gasteiger partial charge in [0.1, 0.15) is 13.2 Å². The van der Waals surface area contributed by atoms with Gasteiger partial charge in [0.15, 0.2) is 5.41 Å². The van der Waals surface area contributed by atoms with E-state index in [0.717, 1.165) is 0 Å². The maximum atomic E-state index is 12.8. The van der Waals surface area contributed by atoms with E-state index in [2.05, 4.69) is 6.07 Å². The van der Waals surface area contributed by atoms with Crippen LogP contribution in [0.3, 0.4) is 0 Å². The molecule has 0 saturated heterocycles. The van der Waals surface area contributed by atoms with Gasteiger partial charge < -0.3 is 18.9 Å². The molecule has 26 heavy (non-hydrogen) atoms. The highest BCUT2D eigenvalue weighted by Crippen LogP contribution is 2.41. The van der Waals surface area contributed by atoms with Gasteiger partial charge in [-0.15, -0.1) is 0 Å². The van der Waals surface area contributed by atoms with E-state index in [0.29, 0.717) is 13.2 Å². The van der Waals surface area contributed by atoms with Crippen LogP contribution in [0.2, 0.25) is 0 Å². The standard InChI is InChI=1S/C19H33NO6/c1-7-23-9-11-25-17(21)16(14(3)4)19(13-20,15(5)6)18(22)26-12-10-24-8-2/h14-16H,7-12H2,1-6H3. The molecule has 0 bridgehead atoms. The molecule has 0 aromatic heterocycles. The first-order valence-corrected chi connectivity index (χ1v) is 9.20. The van der Waals surface area contributed by atoms with Gasteiger partial charge >= 0.3 is 11.9 Å². The van der Waals surface area contributed by atoms with E-state index in [1.165, 1.54) is 0 Å². The zero-order valence-corrected chi connectivity index (χ0v) is 16.9. The summed E-state index contributed by atoms with van der Waals surface area (Å²) in [5, 5.41) is 9.88. The molecular weight excluding hydrogens is 338 g/mol. The molecule has 7 nitrogen and oxygen atoms in total. The monoisotopic (exact) mass is 371 g/mol. The van der Waals surface area contributed by atoms with Crippen molar-refractivity contribution in [2.45, 2.75) is 41.5 Å². The fourth-order valence-electron chi connectivity index (χ4n) is 2.84. The summed E-state index contributed by atoms with van der Waals surface area (Å²) in [4.78, 5) is 25.5. The van der Waals surface area contributed by atoms with E-state index >= 15 is 0 Å². The molecule has 0 aromatic rings. The van der Waals surface area contributed by atoms with Crippen LogP contribution in [0.4, 0.5) is 0 Å². The molecule has 150 valence electrons. The Kier molecular flexibility index (Phi) is 11.9. The van der Waals surface area contributed by atoms with Crippen LogP contribution in [0, 0.1) is 34.5 Å². The number of hydrogen-bond acceptors (Lipinski definition) is 7. The summed E-state index contributed by atoms with van der Waals surface area (Å²) < 4.78 is 20.9. The lowest BCUT2D eigenvalue weighted by Crippen LogP contribution is -2.49. The normalized spacial score (nSPS) is 14.6. The minimum absolute atomic E-state index is 0.0347. The molecule has 2 atom stereocenters. The van der Waals surface area contributed by atoms with Crippen molar-refractivity contribution >= 4 is 11.9 Å². The Balaban J connectivity index is 5.42. The minimum Gasteiger partial charge on any atom is -0.463 e. The van der Waals surface area contributed by atoms with Gasteiger partial charge in [0.05, 0.1) is 25.2 Å². The molecule has 0 heterocycles. The van der Waals surface area contributed by atoms with Crippen LogP contribution in [-0.4, -0.2) is 51.6 Å². The third kappa shape index (κ3) is 6.58. The Hall–Kier alpha value is -1.65. The molecule has 0 spiro atoms. The zero-order chi connectivity index (χ0) is 20.2. The fourth-order valence-corrected chi connectivity index (χ4v) is 2.84. The molecule has 0 saturated carbocycles. The van der Waals surface area contributed by atoms with Crippen molar-refractivity contribution in [1.82, 2.24) is 0 Å². The number of rotatable bonds is 13. The summed E-state index contributed by atoms with van der Waals surface area (Å²) in [5.41, 5.74) is -1.62. The predicted octanol–water partition coefficient (Wildman–Crippen LogP) is 2.58. The molecule has 0 rings (SSSR count). The van der Waals surface area contributed by atoms with Gasteiger partial charge in [0, 0.05) is 13.2 Å². The van der Waals surface area contributed by atoms with Crippen LogP contribution in [-0.2, 0) is 28.5 Å². The van der Waals surface area contributed by atoms with Crippen LogP contribution in [0.15, 0.2) is 0 Å². The van der Waals surface area contributed by atoms with Crippen LogP contribution in [0.1, 0.15) is 41.5 Å². The Bertz CT molecular complexity index is 471. The van der Waals surface area contributed by atoms with Crippen molar-refractivity contribution in [3.63, 3.8) is 0 Å². The maximum absolute atomic E-state index is 12.8. The fraction of sp³-hybridized carbons (Fsp3) is 0.842. The molecule has 0 aliphatic rings. The highest BCUT2D eigenvalue weighted by molar-refractivity contribution is 5.88. The number of ether oxygens (including phenoxy) is 4. The molecular formula is C19H33NO6. The van der Waals surface area contributed by atoms with Gasteiger partial charge in [-0.25, -0.2) is 0 Å². The van der Waals surface area contributed by atoms with E-state index < -0.39 is 29.2 Å². The minimum atomic E-state index is -1.62. The largest absolute Gasteiger partial charge is 0.463 e. The summed E-state index contributed by atoms with van der Waals surface area (Å²) in [6.07, 6.45) is 0. The van der Waals surface area contributed by atoms with Gasteiger partial charge in [-0.2, -0.15) is 5.26 Å². The van der Waals surface area contributed by atoms with Crippen LogP contribution in [0.5, 0.6) is 0 Å². The molecule has 7 heteroatoms. The summed E-state index contributed by atoms with van der Waals surface area (Å²) >= 11 is 0. The Labute approximate surface area is 156 Å². The number of esters is 2. The maximum Gasteiger partial charge on any atom is 0.327 e. The second kappa shape index (κ2) is 12.7. The third-order valence-corrected chi connectivity index (χ3v) is 4.19. The highest BCUT2D eigenvalue weighted by atomic mass is 16.6. The molecule has 0 radical (unpaired) electrons. The van der Waals surface area contributed by atoms with Gasteiger partial charge in [-0.1, -0.05) is 27.7 Å². The van der Waals surface area contributed by atoms with Gasteiger partial charge in [-0.05, 0) is 25.7 Å². The lowest BCUT2D eigenvalue weighted by Gasteiger charge is -2.36. The van der Waals surface area contributed by atoms with E-state index in [9.17, 15) is 14.9 Å². The average Bonchev–Trinajstić information content (AvgIpc) is 2.59. The second-order valence-corrected chi connectivity index (χ2v) is 6.55. The average molecular weight is 371 g/mol. The molecule has 0 aromatic carbocycles. The lowest BCUT2D eigenvalue weighted by atomic mass is 9.64. The van der Waals surface area contributed by atoms with Crippen molar-refractivity contribution in [2.75, 3.05) is 39.6 Å². The van der Waals surface area contributed by atoms with E-state index in [-0.39, 0.29) is 32.3 Å². The zero-order valence-electron chi connectivity index (χ0n) is 16.9. The van der Waals surface area contributed by atoms with Crippen molar-refractivity contribution in [3.05, 3.63) is 0 Å². The second-order valence-electron chi connectivity index (χ2n) is 6.55. The molecule has 0 aliphatic carbocycles. The molecule has 2 unspecified atom stereocenters. The van der Waals surface area contributed by atoms with E-state index in [1.807, 2.05) is 13.8 Å². The summed E-state index contributed by atoms with van der Waals surface area (Å²) in [6.45, 7) is 12.4. The summed E-state index contributed by atoms with van der Waals surface area (Å²) in [7, 11) is 0. The lowest BCUT2D eigenvalue weighted by molar-refractivity contribution is -0.172. The Morgan fingerprint density at radius 1 is 0.923 bits per heavy atom. The first kappa shape index (κ1) is 24.4. The first-order valence-electron chi connectivity index (χ1n) is 9.20. The molecule has 0 fully saturated rings. The summed E-state index contributed by atoms with van der Waals surface area (Å²) in [5.74, 6) is -2.95. The molecule has 0 aliphatic heterocycles. The SMILES string of the molecule is CCOCCOC(=O)C(C(C)C)C(C#N)(C(=O)OCCOCC)C(C)C. The van der Waals surface area contributed by atoms with Gasteiger partial charge in [-0.3, -0.25) is 9.59 Å². The van der Waals surface area contributed by atoms with Crippen LogP contribution >= 0.6 is 0 Å². The van der Waals surface area contributed by atoms with Crippen molar-refractivity contribution < 1.29 is 28.5 Å². The third-order valence-electron chi connectivity index (χ3n) is 4.19. The smallest absolute Gasteiger partial charge is 0.327 e. The number of carbonyl (C=O) groups excluding carboxylic acids is 2.